The van der Waals surface area contributed by atoms with Crippen molar-refractivity contribution in [2.45, 2.75) is 52.4 Å². The summed E-state index contributed by atoms with van der Waals surface area (Å²) in [5, 5.41) is 9.92. The average Bonchev–Trinajstić information content (AvgIpc) is 2.95. The summed E-state index contributed by atoms with van der Waals surface area (Å²) in [6.07, 6.45) is 3.76. The van der Waals surface area contributed by atoms with Gasteiger partial charge in [0.2, 0.25) is 5.91 Å². The molecule has 3 rings (SSSR count). The maximum atomic E-state index is 12.7. The van der Waals surface area contributed by atoms with Crippen molar-refractivity contribution >= 4 is 22.8 Å². The van der Waals surface area contributed by atoms with Crippen LogP contribution in [0.4, 0.5) is 0 Å². The van der Waals surface area contributed by atoms with Crippen molar-refractivity contribution in [1.82, 2.24) is 4.90 Å². The number of aliphatic carboxylic acids is 1. The second kappa shape index (κ2) is 7.52. The van der Waals surface area contributed by atoms with Gasteiger partial charge >= 0.3 is 5.97 Å². The summed E-state index contributed by atoms with van der Waals surface area (Å²) in [5.74, 6) is -0.0574. The van der Waals surface area contributed by atoms with E-state index in [-0.39, 0.29) is 18.2 Å². The van der Waals surface area contributed by atoms with Gasteiger partial charge in [0, 0.05) is 30.5 Å². The van der Waals surface area contributed by atoms with E-state index in [0.29, 0.717) is 25.4 Å². The highest BCUT2D eigenvalue weighted by molar-refractivity contribution is 5.88. The number of likely N-dealkylation sites (tertiary alicyclic amines) is 1. The average molecular weight is 357 g/mol. The number of carboxylic acid groups (broad SMARTS) is 1. The van der Waals surface area contributed by atoms with Crippen molar-refractivity contribution in [3.8, 4) is 0 Å². The minimum Gasteiger partial charge on any atom is -0.481 e. The minimum atomic E-state index is -0.754. The third kappa shape index (κ3) is 3.92. The molecule has 1 amide bonds. The van der Waals surface area contributed by atoms with Gasteiger partial charge in [0.25, 0.3) is 0 Å². The van der Waals surface area contributed by atoms with Crippen LogP contribution in [-0.4, -0.2) is 35.0 Å². The number of fused-ring (bicyclic) bond motifs is 1. The molecular formula is C21H27NO4. The summed E-state index contributed by atoms with van der Waals surface area (Å²) in [6, 6.07) is 4.20. The Morgan fingerprint density at radius 1 is 1.27 bits per heavy atom. The van der Waals surface area contributed by atoms with E-state index in [1.807, 2.05) is 4.90 Å². The van der Waals surface area contributed by atoms with Crippen molar-refractivity contribution in [3.05, 3.63) is 35.1 Å². The lowest BCUT2D eigenvalue weighted by molar-refractivity contribution is -0.138. The SMILES string of the molecule is Cc1cc2occ(CC(=O)N3CCC(CC(=O)O)CC3)c2cc1C(C)C. The van der Waals surface area contributed by atoms with Crippen LogP contribution in [0.3, 0.4) is 0 Å². The number of hydrogen-bond acceptors (Lipinski definition) is 3. The van der Waals surface area contributed by atoms with Crippen molar-refractivity contribution < 1.29 is 19.1 Å². The zero-order valence-corrected chi connectivity index (χ0v) is 15.7. The summed E-state index contributed by atoms with van der Waals surface area (Å²) in [7, 11) is 0. The van der Waals surface area contributed by atoms with E-state index < -0.39 is 5.97 Å². The molecule has 5 nitrogen and oxygen atoms in total. The summed E-state index contributed by atoms with van der Waals surface area (Å²) < 4.78 is 5.68. The van der Waals surface area contributed by atoms with Crippen LogP contribution in [0.25, 0.3) is 11.0 Å². The lowest BCUT2D eigenvalue weighted by Crippen LogP contribution is -2.39. The van der Waals surface area contributed by atoms with E-state index in [1.165, 1.54) is 11.1 Å². The second-order valence-electron chi connectivity index (χ2n) is 7.72. The molecule has 140 valence electrons. The molecule has 0 atom stereocenters. The van der Waals surface area contributed by atoms with Gasteiger partial charge in [-0.25, -0.2) is 0 Å². The fraction of sp³-hybridized carbons (Fsp3) is 0.524. The Hall–Kier alpha value is -2.30. The Morgan fingerprint density at radius 2 is 1.96 bits per heavy atom. The Morgan fingerprint density at radius 3 is 2.58 bits per heavy atom. The molecule has 0 bridgehead atoms. The Kier molecular flexibility index (Phi) is 5.35. The lowest BCUT2D eigenvalue weighted by atomic mass is 9.93. The van der Waals surface area contributed by atoms with Gasteiger partial charge in [-0.1, -0.05) is 13.8 Å². The summed E-state index contributed by atoms with van der Waals surface area (Å²) in [5.41, 5.74) is 4.25. The van der Waals surface area contributed by atoms with Crippen LogP contribution in [0.15, 0.2) is 22.8 Å². The fourth-order valence-corrected chi connectivity index (χ4v) is 3.91. The van der Waals surface area contributed by atoms with Crippen LogP contribution in [0.2, 0.25) is 0 Å². The number of furan rings is 1. The molecule has 5 heteroatoms. The molecule has 26 heavy (non-hydrogen) atoms. The first-order valence-electron chi connectivity index (χ1n) is 9.35. The van der Waals surface area contributed by atoms with Crippen LogP contribution in [0.5, 0.6) is 0 Å². The molecule has 1 aromatic heterocycles. The standard InChI is InChI=1S/C21H27NO4/c1-13(2)17-11-18-16(12-26-19(18)8-14(17)3)10-20(23)22-6-4-15(5-7-22)9-21(24)25/h8,11-13,15H,4-7,9-10H2,1-3H3,(H,24,25). The number of carbonyl (C=O) groups is 2. The molecule has 1 fully saturated rings. The maximum Gasteiger partial charge on any atom is 0.303 e. The third-order valence-electron chi connectivity index (χ3n) is 5.44. The van der Waals surface area contributed by atoms with Crippen molar-refractivity contribution in [2.24, 2.45) is 5.92 Å². The van der Waals surface area contributed by atoms with E-state index >= 15 is 0 Å². The Labute approximate surface area is 154 Å². The maximum absolute atomic E-state index is 12.7. The van der Waals surface area contributed by atoms with Gasteiger partial charge in [-0.3, -0.25) is 9.59 Å². The normalized spacial score (nSPS) is 15.8. The predicted octanol–water partition coefficient (Wildman–Crippen LogP) is 4.12. The van der Waals surface area contributed by atoms with Gasteiger partial charge in [0.15, 0.2) is 0 Å². The van der Waals surface area contributed by atoms with Crippen LogP contribution >= 0.6 is 0 Å². The zero-order valence-electron chi connectivity index (χ0n) is 15.7. The molecule has 1 N–H and O–H groups in total. The molecule has 1 aliphatic heterocycles. The summed E-state index contributed by atoms with van der Waals surface area (Å²) in [6.45, 7) is 7.70. The van der Waals surface area contributed by atoms with E-state index in [1.54, 1.807) is 6.26 Å². The number of amides is 1. The number of benzene rings is 1. The summed E-state index contributed by atoms with van der Waals surface area (Å²) >= 11 is 0. The highest BCUT2D eigenvalue weighted by atomic mass is 16.4. The number of aryl methyl sites for hydroxylation is 1. The first-order chi connectivity index (χ1) is 12.3. The number of carboxylic acids is 1. The van der Waals surface area contributed by atoms with Crippen molar-refractivity contribution in [3.63, 3.8) is 0 Å². The zero-order chi connectivity index (χ0) is 18.8. The molecule has 0 radical (unpaired) electrons. The van der Waals surface area contributed by atoms with Crippen molar-refractivity contribution in [2.75, 3.05) is 13.1 Å². The van der Waals surface area contributed by atoms with E-state index in [2.05, 4.69) is 32.9 Å². The smallest absolute Gasteiger partial charge is 0.303 e. The molecule has 1 aromatic carbocycles. The molecule has 2 heterocycles. The van der Waals surface area contributed by atoms with Crippen LogP contribution in [-0.2, 0) is 16.0 Å². The van der Waals surface area contributed by atoms with Gasteiger partial charge < -0.3 is 14.4 Å². The number of rotatable bonds is 5. The molecule has 2 aromatic rings. The van der Waals surface area contributed by atoms with Gasteiger partial charge in [-0.2, -0.15) is 0 Å². The van der Waals surface area contributed by atoms with E-state index in [0.717, 1.165) is 29.4 Å². The Bertz CT molecular complexity index is 813. The first kappa shape index (κ1) is 18.5. The predicted molar refractivity (Wildman–Crippen MR) is 100 cm³/mol. The largest absolute Gasteiger partial charge is 0.481 e. The molecule has 1 aliphatic rings. The van der Waals surface area contributed by atoms with Crippen molar-refractivity contribution in [1.29, 1.82) is 0 Å². The third-order valence-corrected chi connectivity index (χ3v) is 5.44. The molecule has 0 aliphatic carbocycles. The number of carbonyl (C=O) groups excluding carboxylic acids is 1. The van der Waals surface area contributed by atoms with Crippen LogP contribution in [0.1, 0.15) is 55.7 Å². The molecule has 0 unspecified atom stereocenters. The Balaban J connectivity index is 1.70. The van der Waals surface area contributed by atoms with Gasteiger partial charge in [0.05, 0.1) is 12.7 Å². The van der Waals surface area contributed by atoms with Crippen LogP contribution < -0.4 is 0 Å². The highest BCUT2D eigenvalue weighted by Crippen LogP contribution is 2.30. The van der Waals surface area contributed by atoms with Gasteiger partial charge in [0.1, 0.15) is 5.58 Å². The highest BCUT2D eigenvalue weighted by Gasteiger charge is 2.25. The number of nitrogens with zero attached hydrogens (tertiary/aromatic N) is 1. The monoisotopic (exact) mass is 357 g/mol. The van der Waals surface area contributed by atoms with E-state index in [4.69, 9.17) is 9.52 Å². The van der Waals surface area contributed by atoms with Gasteiger partial charge in [-0.05, 0) is 54.9 Å². The quantitative estimate of drug-likeness (QED) is 0.874. The minimum absolute atomic E-state index is 0.0909. The first-order valence-corrected chi connectivity index (χ1v) is 9.35. The second-order valence-corrected chi connectivity index (χ2v) is 7.72. The topological polar surface area (TPSA) is 70.8 Å². The number of piperidine rings is 1. The van der Waals surface area contributed by atoms with Gasteiger partial charge in [-0.15, -0.1) is 0 Å². The fourth-order valence-electron chi connectivity index (χ4n) is 3.91. The molecular weight excluding hydrogens is 330 g/mol. The lowest BCUT2D eigenvalue weighted by Gasteiger charge is -2.31. The van der Waals surface area contributed by atoms with Crippen LogP contribution in [0, 0.1) is 12.8 Å². The summed E-state index contributed by atoms with van der Waals surface area (Å²) in [4.78, 5) is 25.4. The molecule has 0 saturated carbocycles. The molecule has 1 saturated heterocycles. The number of hydrogen-bond donors (Lipinski definition) is 1. The van der Waals surface area contributed by atoms with E-state index in [9.17, 15) is 9.59 Å². The molecule has 0 spiro atoms.